The summed E-state index contributed by atoms with van der Waals surface area (Å²) in [6.45, 7) is 3.63. The second-order valence-corrected chi connectivity index (χ2v) is 6.50. The molecule has 6 heteroatoms. The van der Waals surface area contributed by atoms with Gasteiger partial charge in [-0.3, -0.25) is 0 Å². The number of benzene rings is 1. The van der Waals surface area contributed by atoms with Crippen molar-refractivity contribution in [1.29, 1.82) is 0 Å². The molecule has 0 bridgehead atoms. The lowest BCUT2D eigenvalue weighted by molar-refractivity contribution is 0.177. The molecule has 0 saturated heterocycles. The zero-order valence-electron chi connectivity index (χ0n) is 10.9. The first kappa shape index (κ1) is 14.9. The van der Waals surface area contributed by atoms with E-state index in [2.05, 4.69) is 0 Å². The molecule has 0 amide bonds. The second kappa shape index (κ2) is 5.69. The maximum atomic E-state index is 12.3. The molecule has 0 aliphatic heterocycles. The Morgan fingerprint density at radius 3 is 2.56 bits per heavy atom. The molecule has 1 aromatic carbocycles. The Bertz CT molecular complexity index is 512. The van der Waals surface area contributed by atoms with Crippen molar-refractivity contribution in [2.45, 2.75) is 31.3 Å². The molecule has 0 aliphatic carbocycles. The number of nitrogen functional groups attached to an aromatic ring is 1. The molecule has 0 fully saturated rings. The zero-order valence-corrected chi connectivity index (χ0v) is 11.7. The molecule has 1 unspecified atom stereocenters. The fraction of sp³-hybridized carbons (Fsp3) is 0.500. The fourth-order valence-corrected chi connectivity index (χ4v) is 3.01. The third-order valence-electron chi connectivity index (χ3n) is 2.75. The monoisotopic (exact) mass is 272 g/mol. The molecule has 0 heterocycles. The molecule has 0 aliphatic rings. The number of aryl methyl sites for hydroxylation is 1. The first-order valence-corrected chi connectivity index (χ1v) is 7.19. The van der Waals surface area contributed by atoms with Crippen LogP contribution < -0.4 is 5.73 Å². The minimum atomic E-state index is -3.52. The van der Waals surface area contributed by atoms with Gasteiger partial charge in [-0.15, -0.1) is 0 Å². The first-order chi connectivity index (χ1) is 8.25. The van der Waals surface area contributed by atoms with Crippen LogP contribution in [0.15, 0.2) is 23.1 Å². The van der Waals surface area contributed by atoms with E-state index in [4.69, 9.17) is 5.73 Å². The Labute approximate surface area is 108 Å². The molecule has 0 radical (unpaired) electrons. The molecule has 0 saturated carbocycles. The normalized spacial score (nSPS) is 13.8. The van der Waals surface area contributed by atoms with Crippen LogP contribution in [-0.2, 0) is 10.0 Å². The number of nitrogens with zero attached hydrogens (tertiary/aromatic N) is 1. The summed E-state index contributed by atoms with van der Waals surface area (Å²) in [6, 6.07) is 4.72. The number of hydrogen-bond acceptors (Lipinski definition) is 4. The highest BCUT2D eigenvalue weighted by Gasteiger charge is 2.22. The number of aliphatic hydroxyl groups is 1. The number of aliphatic hydroxyl groups excluding tert-OH is 1. The van der Waals surface area contributed by atoms with Crippen LogP contribution in [0.2, 0.25) is 0 Å². The summed E-state index contributed by atoms with van der Waals surface area (Å²) in [7, 11) is -2.01. The van der Waals surface area contributed by atoms with Crippen LogP contribution in [0.25, 0.3) is 0 Å². The maximum absolute atomic E-state index is 12.3. The SMILES string of the molecule is Cc1cc(N)ccc1S(=O)(=O)N(C)CCC(C)O. The summed E-state index contributed by atoms with van der Waals surface area (Å²) in [5.41, 5.74) is 6.77. The highest BCUT2D eigenvalue weighted by molar-refractivity contribution is 7.89. The molecular weight excluding hydrogens is 252 g/mol. The number of anilines is 1. The smallest absolute Gasteiger partial charge is 0.243 e. The predicted molar refractivity (Wildman–Crippen MR) is 71.7 cm³/mol. The van der Waals surface area contributed by atoms with Gasteiger partial charge in [0.1, 0.15) is 0 Å². The standard InChI is InChI=1S/C12H20N2O3S/c1-9-8-11(13)4-5-12(9)18(16,17)14(3)7-6-10(2)15/h4-5,8,10,15H,6-7,13H2,1-3H3. The molecule has 1 aromatic rings. The van der Waals surface area contributed by atoms with E-state index >= 15 is 0 Å². The average Bonchev–Trinajstić information content (AvgIpc) is 2.24. The summed E-state index contributed by atoms with van der Waals surface area (Å²) in [4.78, 5) is 0.254. The van der Waals surface area contributed by atoms with Crippen LogP contribution in [0.5, 0.6) is 0 Å². The first-order valence-electron chi connectivity index (χ1n) is 5.75. The van der Waals surface area contributed by atoms with Crippen molar-refractivity contribution >= 4 is 15.7 Å². The van der Waals surface area contributed by atoms with E-state index in [1.54, 1.807) is 26.0 Å². The van der Waals surface area contributed by atoms with Crippen LogP contribution in [-0.4, -0.2) is 37.5 Å². The molecule has 102 valence electrons. The third kappa shape index (κ3) is 3.44. The number of hydrogen-bond donors (Lipinski definition) is 2. The number of sulfonamides is 1. The van der Waals surface area contributed by atoms with Crippen molar-refractivity contribution in [3.8, 4) is 0 Å². The van der Waals surface area contributed by atoms with E-state index in [0.29, 0.717) is 17.7 Å². The van der Waals surface area contributed by atoms with Gasteiger partial charge in [0, 0.05) is 19.3 Å². The van der Waals surface area contributed by atoms with Gasteiger partial charge in [-0.25, -0.2) is 12.7 Å². The third-order valence-corrected chi connectivity index (χ3v) is 4.77. The Kier molecular flexibility index (Phi) is 4.72. The van der Waals surface area contributed by atoms with Crippen molar-refractivity contribution in [2.24, 2.45) is 0 Å². The maximum Gasteiger partial charge on any atom is 0.243 e. The van der Waals surface area contributed by atoms with Gasteiger partial charge in [-0.05, 0) is 44.0 Å². The Balaban J connectivity index is 2.98. The van der Waals surface area contributed by atoms with Gasteiger partial charge in [0.25, 0.3) is 0 Å². The summed E-state index contributed by atoms with van der Waals surface area (Å²) < 4.78 is 25.8. The van der Waals surface area contributed by atoms with Crippen LogP contribution >= 0.6 is 0 Å². The zero-order chi connectivity index (χ0) is 13.9. The molecular formula is C12H20N2O3S. The lowest BCUT2D eigenvalue weighted by Gasteiger charge is -2.19. The van der Waals surface area contributed by atoms with Crippen LogP contribution in [0.4, 0.5) is 5.69 Å². The van der Waals surface area contributed by atoms with Crippen molar-refractivity contribution in [3.05, 3.63) is 23.8 Å². The summed E-state index contributed by atoms with van der Waals surface area (Å²) in [5.74, 6) is 0. The van der Waals surface area contributed by atoms with Gasteiger partial charge in [-0.2, -0.15) is 0 Å². The number of rotatable bonds is 5. The van der Waals surface area contributed by atoms with Gasteiger partial charge in [0.15, 0.2) is 0 Å². The van der Waals surface area contributed by atoms with Crippen molar-refractivity contribution in [2.75, 3.05) is 19.3 Å². The predicted octanol–water partition coefficient (Wildman–Crippen LogP) is 0.969. The molecule has 1 rings (SSSR count). The van der Waals surface area contributed by atoms with Crippen LogP contribution in [0.3, 0.4) is 0 Å². The molecule has 1 atom stereocenters. The lowest BCUT2D eigenvalue weighted by atomic mass is 10.2. The van der Waals surface area contributed by atoms with E-state index in [0.717, 1.165) is 0 Å². The summed E-state index contributed by atoms with van der Waals surface area (Å²) >= 11 is 0. The van der Waals surface area contributed by atoms with Crippen molar-refractivity contribution < 1.29 is 13.5 Å². The molecule has 18 heavy (non-hydrogen) atoms. The summed E-state index contributed by atoms with van der Waals surface area (Å²) in [6.07, 6.45) is -0.112. The van der Waals surface area contributed by atoms with E-state index in [-0.39, 0.29) is 11.4 Å². The van der Waals surface area contributed by atoms with Gasteiger partial charge >= 0.3 is 0 Å². The average molecular weight is 272 g/mol. The van der Waals surface area contributed by atoms with Gasteiger partial charge in [-0.1, -0.05) is 0 Å². The van der Waals surface area contributed by atoms with Crippen LogP contribution in [0.1, 0.15) is 18.9 Å². The highest BCUT2D eigenvalue weighted by Crippen LogP contribution is 2.21. The van der Waals surface area contributed by atoms with E-state index in [9.17, 15) is 13.5 Å². The molecule has 3 N–H and O–H groups in total. The lowest BCUT2D eigenvalue weighted by Crippen LogP contribution is -2.30. The fourth-order valence-electron chi connectivity index (χ4n) is 1.62. The van der Waals surface area contributed by atoms with E-state index in [1.165, 1.54) is 17.4 Å². The van der Waals surface area contributed by atoms with Crippen LogP contribution in [0, 0.1) is 6.92 Å². The second-order valence-electron chi connectivity index (χ2n) is 4.49. The van der Waals surface area contributed by atoms with Gasteiger partial charge < -0.3 is 10.8 Å². The van der Waals surface area contributed by atoms with Gasteiger partial charge in [0.05, 0.1) is 11.0 Å². The number of nitrogens with two attached hydrogens (primary N) is 1. The van der Waals surface area contributed by atoms with Gasteiger partial charge in [0.2, 0.25) is 10.0 Å². The Hall–Kier alpha value is -1.11. The molecule has 0 aromatic heterocycles. The van der Waals surface area contributed by atoms with E-state index in [1.807, 2.05) is 0 Å². The summed E-state index contributed by atoms with van der Waals surface area (Å²) in [5, 5.41) is 9.19. The highest BCUT2D eigenvalue weighted by atomic mass is 32.2. The molecule has 0 spiro atoms. The quantitative estimate of drug-likeness (QED) is 0.782. The molecule has 5 nitrogen and oxygen atoms in total. The largest absolute Gasteiger partial charge is 0.399 e. The van der Waals surface area contributed by atoms with E-state index < -0.39 is 16.1 Å². The minimum Gasteiger partial charge on any atom is -0.399 e. The minimum absolute atomic E-state index is 0.254. The van der Waals surface area contributed by atoms with Crippen molar-refractivity contribution in [1.82, 2.24) is 4.31 Å². The van der Waals surface area contributed by atoms with Crippen molar-refractivity contribution in [3.63, 3.8) is 0 Å². The Morgan fingerprint density at radius 2 is 2.06 bits per heavy atom. The Morgan fingerprint density at radius 1 is 1.44 bits per heavy atom. The topological polar surface area (TPSA) is 83.6 Å².